The fraction of sp³-hybridized carbons (Fsp3) is 0.500. The topological polar surface area (TPSA) is 86.8 Å². The summed E-state index contributed by atoms with van der Waals surface area (Å²) >= 11 is 6.23. The first-order valence-corrected chi connectivity index (χ1v) is 14.9. The van der Waals surface area contributed by atoms with Crippen LogP contribution in [-0.4, -0.2) is 50.5 Å². The molecule has 1 N–H and O–H groups in total. The van der Waals surface area contributed by atoms with E-state index >= 15 is 0 Å². The number of hydrogen-bond donors (Lipinski definition) is 1. The van der Waals surface area contributed by atoms with Gasteiger partial charge in [0.25, 0.3) is 0 Å². The summed E-state index contributed by atoms with van der Waals surface area (Å²) < 4.78 is 26.5. The van der Waals surface area contributed by atoms with Gasteiger partial charge in [-0.05, 0) is 55.9 Å². The van der Waals surface area contributed by atoms with Gasteiger partial charge in [-0.3, -0.25) is 13.9 Å². The third-order valence-corrected chi connectivity index (χ3v) is 7.76. The Hall–Kier alpha value is -2.58. The summed E-state index contributed by atoms with van der Waals surface area (Å²) in [5.41, 5.74) is 3.17. The van der Waals surface area contributed by atoms with Gasteiger partial charge in [0, 0.05) is 31.1 Å². The van der Waals surface area contributed by atoms with Crippen molar-refractivity contribution in [3.05, 3.63) is 64.2 Å². The second-order valence-corrected chi connectivity index (χ2v) is 12.2. The third-order valence-electron chi connectivity index (χ3n) is 6.17. The SMILES string of the molecule is CCC(C(=O)NCC(C)C)N(Cc1cccc(C)c1)C(=O)CCCN(c1cccc(Cl)c1C)S(C)(=O)=O. The summed E-state index contributed by atoms with van der Waals surface area (Å²) in [4.78, 5) is 28.2. The normalized spacial score (nSPS) is 12.3. The average Bonchev–Trinajstić information content (AvgIpc) is 2.81. The summed E-state index contributed by atoms with van der Waals surface area (Å²) in [6, 6.07) is 12.4. The fourth-order valence-electron chi connectivity index (χ4n) is 4.20. The standard InChI is InChI=1S/C28H40ClN3O4S/c1-7-25(28(34)30-18-20(2)3)31(19-23-12-8-11-21(4)17-23)27(33)15-10-16-32(37(6,35)36)26-14-9-13-24(29)22(26)5/h8-9,11-14,17,20,25H,7,10,15-16,18-19H2,1-6H3,(H,30,34). The largest absolute Gasteiger partial charge is 0.354 e. The smallest absolute Gasteiger partial charge is 0.242 e. The highest BCUT2D eigenvalue weighted by Gasteiger charge is 2.29. The van der Waals surface area contributed by atoms with Gasteiger partial charge in [-0.15, -0.1) is 0 Å². The van der Waals surface area contributed by atoms with Gasteiger partial charge in [-0.25, -0.2) is 8.42 Å². The van der Waals surface area contributed by atoms with Crippen LogP contribution in [-0.2, 0) is 26.2 Å². The van der Waals surface area contributed by atoms with E-state index in [1.54, 1.807) is 30.0 Å². The molecule has 0 spiro atoms. The van der Waals surface area contributed by atoms with Crippen molar-refractivity contribution >= 4 is 39.1 Å². The van der Waals surface area contributed by atoms with Gasteiger partial charge >= 0.3 is 0 Å². The van der Waals surface area contributed by atoms with Crippen LogP contribution in [0, 0.1) is 19.8 Å². The Morgan fingerprint density at radius 3 is 2.35 bits per heavy atom. The molecule has 9 heteroatoms. The second kappa shape index (κ2) is 13.8. The lowest BCUT2D eigenvalue weighted by Gasteiger charge is -2.31. The number of benzene rings is 2. The van der Waals surface area contributed by atoms with Crippen molar-refractivity contribution in [1.82, 2.24) is 10.2 Å². The maximum atomic E-state index is 13.5. The van der Waals surface area contributed by atoms with Crippen LogP contribution in [0.25, 0.3) is 0 Å². The quantitative estimate of drug-likeness (QED) is 0.377. The maximum Gasteiger partial charge on any atom is 0.242 e. The van der Waals surface area contributed by atoms with Crippen molar-refractivity contribution in [1.29, 1.82) is 0 Å². The van der Waals surface area contributed by atoms with Crippen LogP contribution in [0.2, 0.25) is 5.02 Å². The zero-order valence-corrected chi connectivity index (χ0v) is 24.3. The summed E-state index contributed by atoms with van der Waals surface area (Å²) in [6.07, 6.45) is 2.02. The summed E-state index contributed by atoms with van der Waals surface area (Å²) in [5.74, 6) is -0.0758. The molecule has 1 atom stereocenters. The van der Waals surface area contributed by atoms with Gasteiger partial charge in [0.15, 0.2) is 0 Å². The van der Waals surface area contributed by atoms with E-state index in [0.717, 1.165) is 17.4 Å². The van der Waals surface area contributed by atoms with Crippen molar-refractivity contribution in [2.24, 2.45) is 5.92 Å². The van der Waals surface area contributed by atoms with E-state index in [1.807, 2.05) is 52.0 Å². The average molecular weight is 550 g/mol. The predicted molar refractivity (Wildman–Crippen MR) is 151 cm³/mol. The fourth-order valence-corrected chi connectivity index (χ4v) is 5.38. The molecule has 0 fully saturated rings. The molecule has 0 radical (unpaired) electrons. The molecule has 2 aromatic carbocycles. The lowest BCUT2D eigenvalue weighted by atomic mass is 10.1. The first-order valence-electron chi connectivity index (χ1n) is 12.7. The number of nitrogens with one attached hydrogen (secondary N) is 1. The molecule has 0 aliphatic heterocycles. The lowest BCUT2D eigenvalue weighted by Crippen LogP contribution is -2.49. The number of halogens is 1. The van der Waals surface area contributed by atoms with E-state index < -0.39 is 16.1 Å². The van der Waals surface area contributed by atoms with E-state index in [0.29, 0.717) is 48.1 Å². The van der Waals surface area contributed by atoms with E-state index in [2.05, 4.69) is 5.32 Å². The number of rotatable bonds is 13. The molecule has 1 unspecified atom stereocenters. The highest BCUT2D eigenvalue weighted by atomic mass is 35.5. The van der Waals surface area contributed by atoms with Crippen molar-refractivity contribution < 1.29 is 18.0 Å². The minimum atomic E-state index is -3.59. The van der Waals surface area contributed by atoms with E-state index in [1.165, 1.54) is 4.31 Å². The summed E-state index contributed by atoms with van der Waals surface area (Å²) in [6.45, 7) is 10.6. The van der Waals surface area contributed by atoms with Gasteiger partial charge in [0.1, 0.15) is 6.04 Å². The molecule has 2 amide bonds. The second-order valence-electron chi connectivity index (χ2n) is 9.90. The molecule has 2 aromatic rings. The lowest BCUT2D eigenvalue weighted by molar-refractivity contribution is -0.141. The molecular weight excluding hydrogens is 510 g/mol. The first kappa shape index (κ1) is 30.6. The Bertz CT molecular complexity index is 1180. The molecule has 0 saturated carbocycles. The number of anilines is 1. The number of nitrogens with zero attached hydrogens (tertiary/aromatic N) is 2. The molecule has 0 aliphatic carbocycles. The number of amides is 2. The van der Waals surface area contributed by atoms with Crippen LogP contribution in [0.4, 0.5) is 5.69 Å². The highest BCUT2D eigenvalue weighted by Crippen LogP contribution is 2.28. The Balaban J connectivity index is 2.24. The van der Waals surface area contributed by atoms with Crippen molar-refractivity contribution in [3.63, 3.8) is 0 Å². The van der Waals surface area contributed by atoms with Gasteiger partial charge < -0.3 is 10.2 Å². The molecule has 2 rings (SSSR count). The molecule has 0 bridgehead atoms. The van der Waals surface area contributed by atoms with Gasteiger partial charge in [0.2, 0.25) is 21.8 Å². The van der Waals surface area contributed by atoms with Crippen LogP contribution in [0.1, 0.15) is 56.7 Å². The minimum Gasteiger partial charge on any atom is -0.354 e. The molecule has 37 heavy (non-hydrogen) atoms. The van der Waals surface area contributed by atoms with Crippen LogP contribution in [0.3, 0.4) is 0 Å². The van der Waals surface area contributed by atoms with Crippen molar-refractivity contribution in [3.8, 4) is 0 Å². The first-order chi connectivity index (χ1) is 17.3. The number of hydrogen-bond acceptors (Lipinski definition) is 4. The summed E-state index contributed by atoms with van der Waals surface area (Å²) in [5, 5.41) is 3.44. The van der Waals surface area contributed by atoms with Crippen LogP contribution in [0.5, 0.6) is 0 Å². The highest BCUT2D eigenvalue weighted by molar-refractivity contribution is 7.92. The third kappa shape index (κ3) is 9.04. The molecule has 7 nitrogen and oxygen atoms in total. The molecular formula is C28H40ClN3O4S. The number of carbonyl (C=O) groups is 2. The van der Waals surface area contributed by atoms with Gasteiger partial charge in [0.05, 0.1) is 11.9 Å². The zero-order valence-electron chi connectivity index (χ0n) is 22.8. The monoisotopic (exact) mass is 549 g/mol. The predicted octanol–water partition coefficient (Wildman–Crippen LogP) is 5.08. The Morgan fingerprint density at radius 1 is 1.08 bits per heavy atom. The van der Waals surface area contributed by atoms with E-state index in [4.69, 9.17) is 11.6 Å². The maximum absolute atomic E-state index is 13.5. The van der Waals surface area contributed by atoms with Crippen molar-refractivity contribution in [2.45, 2.75) is 66.5 Å². The van der Waals surface area contributed by atoms with Crippen molar-refractivity contribution in [2.75, 3.05) is 23.7 Å². The molecule has 204 valence electrons. The Kier molecular flexibility index (Phi) is 11.4. The summed E-state index contributed by atoms with van der Waals surface area (Å²) in [7, 11) is -3.59. The molecule has 0 aromatic heterocycles. The molecule has 0 aliphatic rings. The molecule has 0 heterocycles. The van der Waals surface area contributed by atoms with Crippen LogP contribution in [0.15, 0.2) is 42.5 Å². The Morgan fingerprint density at radius 2 is 1.76 bits per heavy atom. The Labute approximate surface area is 227 Å². The van der Waals surface area contributed by atoms with E-state index in [9.17, 15) is 18.0 Å². The zero-order chi connectivity index (χ0) is 27.8. The van der Waals surface area contributed by atoms with Gasteiger partial charge in [-0.2, -0.15) is 0 Å². The van der Waals surface area contributed by atoms with E-state index in [-0.39, 0.29) is 24.8 Å². The number of sulfonamides is 1. The van der Waals surface area contributed by atoms with Crippen LogP contribution >= 0.6 is 11.6 Å². The van der Waals surface area contributed by atoms with Crippen LogP contribution < -0.4 is 9.62 Å². The number of carbonyl (C=O) groups excluding carboxylic acids is 2. The number of aryl methyl sites for hydroxylation is 1. The molecule has 0 saturated heterocycles. The van der Waals surface area contributed by atoms with Gasteiger partial charge in [-0.1, -0.05) is 68.3 Å². The minimum absolute atomic E-state index is 0.103.